The summed E-state index contributed by atoms with van der Waals surface area (Å²) in [5.74, 6) is 0.840. The highest BCUT2D eigenvalue weighted by Crippen LogP contribution is 2.01. The van der Waals surface area contributed by atoms with E-state index in [1.54, 1.807) is 0 Å². The molecule has 0 aliphatic rings. The summed E-state index contributed by atoms with van der Waals surface area (Å²) in [6, 6.07) is 0. The molecular formula is C5H5ClNO. The number of hydrogen-bond acceptors (Lipinski definition) is 2. The van der Waals surface area contributed by atoms with Gasteiger partial charge in [0.05, 0.1) is 11.6 Å². The van der Waals surface area contributed by atoms with Crippen molar-refractivity contribution in [2.75, 3.05) is 0 Å². The van der Waals surface area contributed by atoms with Crippen LogP contribution in [-0.2, 0) is 5.88 Å². The Hall–Kier alpha value is -0.500. The average molecular weight is 131 g/mol. The molecule has 0 spiro atoms. The Morgan fingerprint density at radius 1 is 1.88 bits per heavy atom. The average Bonchev–Trinajstić information content (AvgIpc) is 2.14. The van der Waals surface area contributed by atoms with Crippen molar-refractivity contribution in [3.05, 3.63) is 24.8 Å². The maximum atomic E-state index is 5.36. The Labute approximate surface area is 52.5 Å². The zero-order chi connectivity index (χ0) is 5.98. The molecule has 0 aromatic carbocycles. The van der Waals surface area contributed by atoms with E-state index in [0.717, 1.165) is 0 Å². The lowest BCUT2D eigenvalue weighted by molar-refractivity contribution is 0.515. The van der Waals surface area contributed by atoms with Gasteiger partial charge in [0.15, 0.2) is 0 Å². The molecule has 0 saturated heterocycles. The second kappa shape index (κ2) is 2.18. The number of aromatic nitrogens is 1. The second-order valence-electron chi connectivity index (χ2n) is 1.37. The molecule has 1 aromatic rings. The van der Waals surface area contributed by atoms with Crippen molar-refractivity contribution < 1.29 is 4.42 Å². The van der Waals surface area contributed by atoms with E-state index in [1.165, 1.54) is 6.26 Å². The number of rotatable bonds is 1. The second-order valence-corrected chi connectivity index (χ2v) is 1.63. The van der Waals surface area contributed by atoms with E-state index >= 15 is 0 Å². The quantitative estimate of drug-likeness (QED) is 0.540. The lowest BCUT2D eigenvalue weighted by atomic mass is 10.6. The van der Waals surface area contributed by atoms with Gasteiger partial charge in [-0.1, -0.05) is 0 Å². The Bertz CT molecular complexity index is 173. The van der Waals surface area contributed by atoms with Crippen molar-refractivity contribution in [1.82, 2.24) is 4.98 Å². The van der Waals surface area contributed by atoms with Gasteiger partial charge in [-0.15, -0.1) is 11.6 Å². The summed E-state index contributed by atoms with van der Waals surface area (Å²) in [5.41, 5.74) is 0.626. The molecule has 43 valence electrons. The summed E-state index contributed by atoms with van der Waals surface area (Å²) in [4.78, 5) is 3.82. The van der Waals surface area contributed by atoms with Crippen molar-refractivity contribution in [2.24, 2.45) is 0 Å². The SMILES string of the molecule is [CH2]c1coc(CCl)n1. The minimum Gasteiger partial charge on any atom is -0.447 e. The van der Waals surface area contributed by atoms with Gasteiger partial charge in [0.1, 0.15) is 6.26 Å². The fraction of sp³-hybridized carbons (Fsp3) is 0.200. The number of alkyl halides is 1. The summed E-state index contributed by atoms with van der Waals surface area (Å²) < 4.78 is 4.81. The van der Waals surface area contributed by atoms with Crippen LogP contribution >= 0.6 is 11.6 Å². The van der Waals surface area contributed by atoms with Crippen LogP contribution in [0.5, 0.6) is 0 Å². The molecule has 3 heteroatoms. The third kappa shape index (κ3) is 1.01. The van der Waals surface area contributed by atoms with Crippen molar-refractivity contribution in [3.63, 3.8) is 0 Å². The van der Waals surface area contributed by atoms with Crippen LogP contribution in [0, 0.1) is 6.92 Å². The van der Waals surface area contributed by atoms with Crippen LogP contribution in [0.2, 0.25) is 0 Å². The first kappa shape index (κ1) is 5.63. The van der Waals surface area contributed by atoms with Crippen LogP contribution < -0.4 is 0 Å². The molecule has 1 rings (SSSR count). The Balaban J connectivity index is 2.84. The van der Waals surface area contributed by atoms with E-state index in [-0.39, 0.29) is 0 Å². The van der Waals surface area contributed by atoms with Crippen molar-refractivity contribution in [2.45, 2.75) is 5.88 Å². The van der Waals surface area contributed by atoms with Gasteiger partial charge in [0.2, 0.25) is 5.89 Å². The van der Waals surface area contributed by atoms with Crippen LogP contribution in [0.15, 0.2) is 10.7 Å². The van der Waals surface area contributed by atoms with Gasteiger partial charge in [-0.2, -0.15) is 0 Å². The molecule has 2 nitrogen and oxygen atoms in total. The van der Waals surface area contributed by atoms with Crippen LogP contribution in [0.25, 0.3) is 0 Å². The van der Waals surface area contributed by atoms with Crippen LogP contribution in [0.1, 0.15) is 11.6 Å². The largest absolute Gasteiger partial charge is 0.447 e. The molecule has 0 saturated carbocycles. The maximum Gasteiger partial charge on any atom is 0.209 e. The Morgan fingerprint density at radius 2 is 2.62 bits per heavy atom. The van der Waals surface area contributed by atoms with E-state index in [9.17, 15) is 0 Å². The van der Waals surface area contributed by atoms with Gasteiger partial charge in [0.25, 0.3) is 0 Å². The summed E-state index contributed by atoms with van der Waals surface area (Å²) in [6.45, 7) is 3.53. The van der Waals surface area contributed by atoms with Crippen molar-refractivity contribution in [1.29, 1.82) is 0 Å². The van der Waals surface area contributed by atoms with Gasteiger partial charge in [-0.05, 0) is 6.92 Å². The predicted molar refractivity (Wildman–Crippen MR) is 30.5 cm³/mol. The number of oxazole rings is 1. The van der Waals surface area contributed by atoms with E-state index in [4.69, 9.17) is 16.0 Å². The molecule has 0 bridgehead atoms. The first-order chi connectivity index (χ1) is 3.83. The first-order valence-electron chi connectivity index (χ1n) is 2.15. The van der Waals surface area contributed by atoms with Gasteiger partial charge >= 0.3 is 0 Å². The normalized spacial score (nSPS) is 9.75. The Morgan fingerprint density at radius 3 is 2.88 bits per heavy atom. The molecule has 1 aromatic heterocycles. The third-order valence-corrected chi connectivity index (χ3v) is 0.942. The summed E-state index contributed by atoms with van der Waals surface area (Å²) in [6.07, 6.45) is 1.47. The first-order valence-corrected chi connectivity index (χ1v) is 2.68. The minimum atomic E-state index is 0.315. The van der Waals surface area contributed by atoms with E-state index in [0.29, 0.717) is 17.5 Å². The van der Waals surface area contributed by atoms with Crippen LogP contribution in [0.4, 0.5) is 0 Å². The van der Waals surface area contributed by atoms with Crippen molar-refractivity contribution in [3.8, 4) is 0 Å². The topological polar surface area (TPSA) is 26.0 Å². The Kier molecular flexibility index (Phi) is 1.53. The molecule has 1 radical (unpaired) electrons. The highest BCUT2D eigenvalue weighted by atomic mass is 35.5. The summed E-state index contributed by atoms with van der Waals surface area (Å²) >= 11 is 5.36. The van der Waals surface area contributed by atoms with Crippen LogP contribution in [0.3, 0.4) is 0 Å². The van der Waals surface area contributed by atoms with Gasteiger partial charge in [-0.3, -0.25) is 0 Å². The van der Waals surface area contributed by atoms with E-state index in [2.05, 4.69) is 11.9 Å². The zero-order valence-corrected chi connectivity index (χ0v) is 4.98. The standard InChI is InChI=1S/C5H5ClNO/c1-4-3-8-5(2-6)7-4/h3H,1-2H2. The molecule has 0 N–H and O–H groups in total. The van der Waals surface area contributed by atoms with E-state index < -0.39 is 0 Å². The van der Waals surface area contributed by atoms with Gasteiger partial charge in [-0.25, -0.2) is 4.98 Å². The lowest BCUT2D eigenvalue weighted by Crippen LogP contribution is -1.74. The molecule has 0 aliphatic heterocycles. The summed E-state index contributed by atoms with van der Waals surface area (Å²) in [5, 5.41) is 0. The third-order valence-electron chi connectivity index (χ3n) is 0.714. The number of nitrogens with zero attached hydrogens (tertiary/aromatic N) is 1. The van der Waals surface area contributed by atoms with E-state index in [1.807, 2.05) is 0 Å². The smallest absolute Gasteiger partial charge is 0.209 e. The van der Waals surface area contributed by atoms with Crippen LogP contribution in [-0.4, -0.2) is 4.98 Å². The molecule has 1 heterocycles. The fourth-order valence-electron chi connectivity index (χ4n) is 0.410. The zero-order valence-electron chi connectivity index (χ0n) is 4.22. The monoisotopic (exact) mass is 130 g/mol. The lowest BCUT2D eigenvalue weighted by Gasteiger charge is -1.76. The fourth-order valence-corrected chi connectivity index (χ4v) is 0.533. The predicted octanol–water partition coefficient (Wildman–Crippen LogP) is 1.60. The molecular weight excluding hydrogens is 126 g/mol. The van der Waals surface area contributed by atoms with Gasteiger partial charge < -0.3 is 4.42 Å². The van der Waals surface area contributed by atoms with Crippen molar-refractivity contribution >= 4 is 11.6 Å². The molecule has 0 amide bonds. The summed E-state index contributed by atoms with van der Waals surface area (Å²) in [7, 11) is 0. The highest BCUT2D eigenvalue weighted by molar-refractivity contribution is 6.16. The molecule has 0 fully saturated rings. The molecule has 0 aliphatic carbocycles. The maximum absolute atomic E-state index is 5.36. The molecule has 8 heavy (non-hydrogen) atoms. The minimum absolute atomic E-state index is 0.315. The number of halogens is 1. The molecule has 0 unspecified atom stereocenters. The number of hydrogen-bond donors (Lipinski definition) is 0. The molecule has 0 atom stereocenters. The van der Waals surface area contributed by atoms with Gasteiger partial charge in [0, 0.05) is 0 Å². The highest BCUT2D eigenvalue weighted by Gasteiger charge is 1.94.